The average Bonchev–Trinajstić information content (AvgIpc) is 3.02. The van der Waals surface area contributed by atoms with Crippen molar-refractivity contribution >= 4 is 38.7 Å². The van der Waals surface area contributed by atoms with Crippen molar-refractivity contribution in [2.24, 2.45) is 0 Å². The molecule has 8 heteroatoms. The molecule has 0 unspecified atom stereocenters. The number of benzene rings is 1. The first-order valence-electron chi connectivity index (χ1n) is 6.79. The first kappa shape index (κ1) is 16.2. The molecule has 1 N–H and O–H groups in total. The van der Waals surface area contributed by atoms with Crippen molar-refractivity contribution in [3.63, 3.8) is 0 Å². The van der Waals surface area contributed by atoms with E-state index in [1.807, 2.05) is 12.1 Å². The number of carbonyl (C=O) groups excluding carboxylic acids is 1. The maximum atomic E-state index is 12.3. The fraction of sp³-hybridized carbons (Fsp3) is 0.200. The van der Waals surface area contributed by atoms with E-state index in [2.05, 4.69) is 10.3 Å². The minimum atomic E-state index is -3.20. The number of aryl methyl sites for hydroxylation is 1. The van der Waals surface area contributed by atoms with Gasteiger partial charge >= 0.3 is 0 Å². The molecule has 1 aromatic heterocycles. The number of hydrogen-bond donors (Lipinski definition) is 1. The predicted octanol–water partition coefficient (Wildman–Crippen LogP) is 2.81. The fourth-order valence-electron chi connectivity index (χ4n) is 2.22. The lowest BCUT2D eigenvalue weighted by molar-refractivity contribution is 0.0951. The second-order valence-electron chi connectivity index (χ2n) is 5.18. The van der Waals surface area contributed by atoms with E-state index < -0.39 is 15.9 Å². The number of rotatable bonds is 3. The summed E-state index contributed by atoms with van der Waals surface area (Å²) in [5, 5.41) is 5.20. The van der Waals surface area contributed by atoms with Gasteiger partial charge in [-0.15, -0.1) is 11.3 Å². The Kier molecular flexibility index (Phi) is 4.27. The number of amides is 1. The van der Waals surface area contributed by atoms with Gasteiger partial charge in [0.25, 0.3) is 5.91 Å². The van der Waals surface area contributed by atoms with Crippen molar-refractivity contribution in [3.8, 4) is 10.6 Å². The van der Waals surface area contributed by atoms with E-state index >= 15 is 0 Å². The number of sulfone groups is 1. The summed E-state index contributed by atoms with van der Waals surface area (Å²) in [5.41, 5.74) is 1.49. The number of nitrogens with zero attached hydrogens (tertiary/aromatic N) is 1. The molecule has 5 nitrogen and oxygen atoms in total. The first-order valence-corrected chi connectivity index (χ1v) is 9.70. The standard InChI is InChI=1S/C15H13ClN2O3S2/c1-9-13(14(19)18-12-6-7-23(20,21)8-12)22-15(17-9)10-2-4-11(16)5-3-10/h2-7,12H,8H2,1H3,(H,18,19)/t12-/m1/s1. The molecule has 1 aliphatic heterocycles. The highest BCUT2D eigenvalue weighted by molar-refractivity contribution is 7.94. The lowest BCUT2D eigenvalue weighted by atomic mass is 10.2. The number of hydrogen-bond acceptors (Lipinski definition) is 5. The molecule has 120 valence electrons. The maximum absolute atomic E-state index is 12.3. The summed E-state index contributed by atoms with van der Waals surface area (Å²) in [6.45, 7) is 1.76. The zero-order valence-corrected chi connectivity index (χ0v) is 14.5. The number of carbonyl (C=O) groups is 1. The number of thiazole rings is 1. The van der Waals surface area contributed by atoms with E-state index in [0.29, 0.717) is 15.6 Å². The number of aromatic nitrogens is 1. The van der Waals surface area contributed by atoms with Gasteiger partial charge < -0.3 is 5.32 Å². The van der Waals surface area contributed by atoms with E-state index in [4.69, 9.17) is 11.6 Å². The summed E-state index contributed by atoms with van der Waals surface area (Å²) in [4.78, 5) is 17.2. The van der Waals surface area contributed by atoms with Crippen molar-refractivity contribution in [1.29, 1.82) is 0 Å². The van der Waals surface area contributed by atoms with Crippen LogP contribution in [0.15, 0.2) is 35.7 Å². The number of nitrogens with one attached hydrogen (secondary N) is 1. The summed E-state index contributed by atoms with van der Waals surface area (Å²) >= 11 is 7.14. The largest absolute Gasteiger partial charge is 0.344 e. The quantitative estimate of drug-likeness (QED) is 0.903. The molecule has 0 bridgehead atoms. The smallest absolute Gasteiger partial charge is 0.263 e. The number of halogens is 1. The monoisotopic (exact) mass is 368 g/mol. The highest BCUT2D eigenvalue weighted by Crippen LogP contribution is 2.29. The molecule has 0 fully saturated rings. The van der Waals surface area contributed by atoms with Crippen LogP contribution in [-0.2, 0) is 9.84 Å². The van der Waals surface area contributed by atoms with Gasteiger partial charge in [0.2, 0.25) is 0 Å². The zero-order chi connectivity index (χ0) is 16.6. The van der Waals surface area contributed by atoms with Gasteiger partial charge in [0.1, 0.15) is 9.88 Å². The summed E-state index contributed by atoms with van der Waals surface area (Å²) in [5.74, 6) is -0.410. The Bertz CT molecular complexity index is 886. The van der Waals surface area contributed by atoms with E-state index in [1.54, 1.807) is 19.1 Å². The molecular weight excluding hydrogens is 356 g/mol. The van der Waals surface area contributed by atoms with Gasteiger partial charge in [-0.05, 0) is 25.1 Å². The molecule has 1 amide bonds. The Morgan fingerprint density at radius 1 is 1.35 bits per heavy atom. The zero-order valence-electron chi connectivity index (χ0n) is 12.1. The Morgan fingerprint density at radius 3 is 2.65 bits per heavy atom. The van der Waals surface area contributed by atoms with Crippen LogP contribution in [0.1, 0.15) is 15.4 Å². The van der Waals surface area contributed by atoms with Crippen molar-refractivity contribution < 1.29 is 13.2 Å². The second kappa shape index (κ2) is 6.07. The molecule has 23 heavy (non-hydrogen) atoms. The average molecular weight is 369 g/mol. The molecule has 0 spiro atoms. The molecular formula is C15H13ClN2O3S2. The highest BCUT2D eigenvalue weighted by atomic mass is 35.5. The van der Waals surface area contributed by atoms with Gasteiger partial charge in [-0.3, -0.25) is 4.79 Å². The topological polar surface area (TPSA) is 76.1 Å². The third-order valence-electron chi connectivity index (χ3n) is 3.34. The minimum Gasteiger partial charge on any atom is -0.344 e. The van der Waals surface area contributed by atoms with Crippen LogP contribution in [0, 0.1) is 6.92 Å². The third-order valence-corrected chi connectivity index (χ3v) is 6.19. The lowest BCUT2D eigenvalue weighted by Gasteiger charge is -2.08. The second-order valence-corrected chi connectivity index (χ2v) is 8.55. The molecule has 0 radical (unpaired) electrons. The Morgan fingerprint density at radius 2 is 2.04 bits per heavy atom. The van der Waals surface area contributed by atoms with Gasteiger partial charge in [-0.25, -0.2) is 13.4 Å². The Hall–Kier alpha value is -1.70. The van der Waals surface area contributed by atoms with Crippen LogP contribution >= 0.6 is 22.9 Å². The van der Waals surface area contributed by atoms with Crippen molar-refractivity contribution in [1.82, 2.24) is 10.3 Å². The molecule has 0 aliphatic carbocycles. The molecule has 1 aliphatic rings. The lowest BCUT2D eigenvalue weighted by Crippen LogP contribution is -2.35. The van der Waals surface area contributed by atoms with Crippen LogP contribution in [0.2, 0.25) is 5.02 Å². The van der Waals surface area contributed by atoms with E-state index in [-0.39, 0.29) is 11.7 Å². The molecule has 2 aromatic rings. The Balaban J connectivity index is 1.79. The van der Waals surface area contributed by atoms with Crippen LogP contribution in [-0.4, -0.2) is 31.1 Å². The highest BCUT2D eigenvalue weighted by Gasteiger charge is 2.25. The maximum Gasteiger partial charge on any atom is 0.263 e. The van der Waals surface area contributed by atoms with Crippen molar-refractivity contribution in [2.45, 2.75) is 13.0 Å². The van der Waals surface area contributed by atoms with Gasteiger partial charge in [-0.1, -0.05) is 23.7 Å². The SMILES string of the molecule is Cc1nc(-c2ccc(Cl)cc2)sc1C(=O)N[C@@H]1C=CS(=O)(=O)C1. The van der Waals surface area contributed by atoms with Crippen LogP contribution in [0.3, 0.4) is 0 Å². The van der Waals surface area contributed by atoms with E-state index in [1.165, 1.54) is 17.4 Å². The van der Waals surface area contributed by atoms with E-state index in [0.717, 1.165) is 16.0 Å². The molecule has 1 aromatic carbocycles. The van der Waals surface area contributed by atoms with Crippen LogP contribution in [0.5, 0.6) is 0 Å². The molecule has 2 heterocycles. The van der Waals surface area contributed by atoms with Gasteiger partial charge in [0, 0.05) is 16.0 Å². The molecule has 3 rings (SSSR count). The first-order chi connectivity index (χ1) is 10.8. The Labute approximate surface area is 142 Å². The van der Waals surface area contributed by atoms with Crippen LogP contribution in [0.25, 0.3) is 10.6 Å². The predicted molar refractivity (Wildman–Crippen MR) is 91.5 cm³/mol. The third kappa shape index (κ3) is 3.63. The summed E-state index contributed by atoms with van der Waals surface area (Å²) in [6.07, 6.45) is 1.49. The van der Waals surface area contributed by atoms with Gasteiger partial charge in [-0.2, -0.15) is 0 Å². The molecule has 0 saturated carbocycles. The van der Waals surface area contributed by atoms with Crippen molar-refractivity contribution in [3.05, 3.63) is 51.3 Å². The molecule has 1 atom stereocenters. The summed E-state index contributed by atoms with van der Waals surface area (Å²) in [7, 11) is -3.20. The van der Waals surface area contributed by atoms with Crippen molar-refractivity contribution in [2.75, 3.05) is 5.75 Å². The van der Waals surface area contributed by atoms with Crippen LogP contribution < -0.4 is 5.32 Å². The van der Waals surface area contributed by atoms with E-state index in [9.17, 15) is 13.2 Å². The van der Waals surface area contributed by atoms with Crippen LogP contribution in [0.4, 0.5) is 0 Å². The van der Waals surface area contributed by atoms with Gasteiger partial charge in [0.15, 0.2) is 9.84 Å². The summed E-state index contributed by atoms with van der Waals surface area (Å²) < 4.78 is 22.8. The molecule has 0 saturated heterocycles. The minimum absolute atomic E-state index is 0.0966. The normalized spacial score (nSPS) is 19.0. The van der Waals surface area contributed by atoms with Gasteiger partial charge in [0.05, 0.1) is 17.5 Å². The fourth-order valence-corrected chi connectivity index (χ4v) is 4.56. The summed E-state index contributed by atoms with van der Waals surface area (Å²) in [6, 6.07) is 6.72.